The van der Waals surface area contributed by atoms with E-state index in [2.05, 4.69) is 6.07 Å². The van der Waals surface area contributed by atoms with Crippen molar-refractivity contribution in [3.05, 3.63) is 59.2 Å². The number of carbonyl (C=O) groups excluding carboxylic acids is 1. The Kier molecular flexibility index (Phi) is 7.73. The van der Waals surface area contributed by atoms with E-state index in [1.807, 2.05) is 26.0 Å². The second kappa shape index (κ2) is 10.3. The van der Waals surface area contributed by atoms with Gasteiger partial charge in [-0.15, -0.1) is 0 Å². The van der Waals surface area contributed by atoms with Gasteiger partial charge in [-0.1, -0.05) is 18.2 Å². The highest BCUT2D eigenvalue weighted by molar-refractivity contribution is 7.89. The van der Waals surface area contributed by atoms with Crippen LogP contribution < -0.4 is 4.74 Å². The first kappa shape index (κ1) is 23.3. The maximum Gasteiger partial charge on any atom is 0.243 e. The van der Waals surface area contributed by atoms with Gasteiger partial charge in [-0.05, 0) is 74.1 Å². The summed E-state index contributed by atoms with van der Waals surface area (Å²) in [5.41, 5.74) is 3.26. The summed E-state index contributed by atoms with van der Waals surface area (Å²) in [7, 11) is -1.62. The number of sulfonamides is 1. The monoisotopic (exact) mass is 444 g/mol. The van der Waals surface area contributed by atoms with Gasteiger partial charge in [-0.2, -0.15) is 4.31 Å². The van der Waals surface area contributed by atoms with Crippen LogP contribution in [0.3, 0.4) is 0 Å². The standard InChI is InChI=1S/C24H32N2O4S/c1-19-16-20(2)18-22(17-19)30-15-14-25(3)24(27)11-8-21-6-9-23(10-7-21)31(28,29)26-12-4-5-13-26/h6-7,9-10,16-18H,4-5,8,11-15H2,1-3H3. The Balaban J connectivity index is 1.45. The Hall–Kier alpha value is -2.38. The summed E-state index contributed by atoms with van der Waals surface area (Å²) in [6.07, 6.45) is 2.79. The van der Waals surface area contributed by atoms with Crippen molar-refractivity contribution >= 4 is 15.9 Å². The van der Waals surface area contributed by atoms with Crippen LogP contribution in [-0.2, 0) is 21.2 Å². The molecule has 3 rings (SSSR count). The normalized spacial score (nSPS) is 14.5. The number of rotatable bonds is 9. The summed E-state index contributed by atoms with van der Waals surface area (Å²) in [5.74, 6) is 0.861. The molecule has 0 spiro atoms. The fourth-order valence-electron chi connectivity index (χ4n) is 3.79. The van der Waals surface area contributed by atoms with Crippen molar-refractivity contribution in [1.82, 2.24) is 9.21 Å². The second-order valence-electron chi connectivity index (χ2n) is 8.24. The van der Waals surface area contributed by atoms with Gasteiger partial charge in [-0.3, -0.25) is 4.79 Å². The molecule has 0 bridgehead atoms. The molecule has 0 unspecified atom stereocenters. The molecule has 7 heteroatoms. The summed E-state index contributed by atoms with van der Waals surface area (Å²) in [6, 6.07) is 13.0. The third kappa shape index (κ3) is 6.31. The SMILES string of the molecule is Cc1cc(C)cc(OCCN(C)C(=O)CCc2ccc(S(=O)(=O)N3CCCC3)cc2)c1. The topological polar surface area (TPSA) is 66.9 Å². The average molecular weight is 445 g/mol. The molecule has 168 valence electrons. The van der Waals surface area contributed by atoms with Crippen LogP contribution in [0.5, 0.6) is 5.75 Å². The third-order valence-electron chi connectivity index (χ3n) is 5.57. The zero-order valence-electron chi connectivity index (χ0n) is 18.6. The molecular formula is C24H32N2O4S. The molecule has 1 saturated heterocycles. The van der Waals surface area contributed by atoms with E-state index in [0.29, 0.717) is 44.0 Å². The Morgan fingerprint density at radius 2 is 1.65 bits per heavy atom. The van der Waals surface area contributed by atoms with Crippen LogP contribution in [0.4, 0.5) is 0 Å². The minimum atomic E-state index is -3.39. The molecule has 1 heterocycles. The van der Waals surface area contributed by atoms with Crippen LogP contribution in [0.25, 0.3) is 0 Å². The lowest BCUT2D eigenvalue weighted by Crippen LogP contribution is -2.31. The van der Waals surface area contributed by atoms with E-state index in [4.69, 9.17) is 4.74 Å². The predicted molar refractivity (Wildman–Crippen MR) is 122 cm³/mol. The summed E-state index contributed by atoms with van der Waals surface area (Å²) in [4.78, 5) is 14.4. The second-order valence-corrected chi connectivity index (χ2v) is 10.2. The van der Waals surface area contributed by atoms with Crippen LogP contribution in [0.2, 0.25) is 0 Å². The van der Waals surface area contributed by atoms with Crippen molar-refractivity contribution in [3.8, 4) is 5.75 Å². The quantitative estimate of drug-likeness (QED) is 0.593. The highest BCUT2D eigenvalue weighted by Gasteiger charge is 2.26. The van der Waals surface area contributed by atoms with Gasteiger partial charge < -0.3 is 9.64 Å². The van der Waals surface area contributed by atoms with E-state index in [1.165, 1.54) is 0 Å². The minimum absolute atomic E-state index is 0.0396. The molecule has 0 radical (unpaired) electrons. The van der Waals surface area contributed by atoms with Gasteiger partial charge in [0.1, 0.15) is 12.4 Å². The van der Waals surface area contributed by atoms with Crippen molar-refractivity contribution in [2.24, 2.45) is 0 Å². The third-order valence-corrected chi connectivity index (χ3v) is 7.48. The molecule has 2 aromatic rings. The molecule has 2 aromatic carbocycles. The number of hydrogen-bond donors (Lipinski definition) is 0. The lowest BCUT2D eigenvalue weighted by molar-refractivity contribution is -0.130. The highest BCUT2D eigenvalue weighted by Crippen LogP contribution is 2.21. The van der Waals surface area contributed by atoms with Gasteiger partial charge in [0.25, 0.3) is 0 Å². The summed E-state index contributed by atoms with van der Waals surface area (Å²) in [6.45, 7) is 6.21. The number of benzene rings is 2. The zero-order chi connectivity index (χ0) is 22.4. The number of amides is 1. The Morgan fingerprint density at radius 1 is 1.03 bits per heavy atom. The van der Waals surface area contributed by atoms with Crippen molar-refractivity contribution in [2.75, 3.05) is 33.3 Å². The lowest BCUT2D eigenvalue weighted by Gasteiger charge is -2.18. The van der Waals surface area contributed by atoms with E-state index in [9.17, 15) is 13.2 Å². The van der Waals surface area contributed by atoms with Crippen LogP contribution in [-0.4, -0.2) is 56.8 Å². The molecule has 0 aliphatic carbocycles. The van der Waals surface area contributed by atoms with E-state index >= 15 is 0 Å². The Morgan fingerprint density at radius 3 is 2.26 bits per heavy atom. The molecule has 1 aliphatic rings. The van der Waals surface area contributed by atoms with Gasteiger partial charge in [0.15, 0.2) is 0 Å². The van der Waals surface area contributed by atoms with Gasteiger partial charge in [-0.25, -0.2) is 8.42 Å². The summed E-state index contributed by atoms with van der Waals surface area (Å²) >= 11 is 0. The Labute approximate surface area is 185 Å². The Bertz CT molecular complexity index is 976. The zero-order valence-corrected chi connectivity index (χ0v) is 19.5. The van der Waals surface area contributed by atoms with Crippen molar-refractivity contribution in [1.29, 1.82) is 0 Å². The minimum Gasteiger partial charge on any atom is -0.492 e. The van der Waals surface area contributed by atoms with Crippen molar-refractivity contribution in [2.45, 2.75) is 44.4 Å². The first-order valence-electron chi connectivity index (χ1n) is 10.8. The fourth-order valence-corrected chi connectivity index (χ4v) is 5.31. The maximum absolute atomic E-state index is 12.6. The van der Waals surface area contributed by atoms with Gasteiger partial charge in [0.05, 0.1) is 11.4 Å². The van der Waals surface area contributed by atoms with Gasteiger partial charge in [0.2, 0.25) is 15.9 Å². The number of ether oxygens (including phenoxy) is 1. The van der Waals surface area contributed by atoms with Crippen LogP contribution in [0.1, 0.15) is 36.0 Å². The first-order chi connectivity index (χ1) is 14.8. The molecular weight excluding hydrogens is 412 g/mol. The van der Waals surface area contributed by atoms with Gasteiger partial charge >= 0.3 is 0 Å². The molecule has 0 N–H and O–H groups in total. The molecule has 1 fully saturated rings. The molecule has 0 atom stereocenters. The van der Waals surface area contributed by atoms with Crippen LogP contribution in [0.15, 0.2) is 47.4 Å². The predicted octanol–water partition coefficient (Wildman–Crippen LogP) is 3.56. The number of hydrogen-bond acceptors (Lipinski definition) is 4. The summed E-state index contributed by atoms with van der Waals surface area (Å²) < 4.78 is 32.5. The molecule has 6 nitrogen and oxygen atoms in total. The highest BCUT2D eigenvalue weighted by atomic mass is 32.2. The summed E-state index contributed by atoms with van der Waals surface area (Å²) in [5, 5.41) is 0. The fraction of sp³-hybridized carbons (Fsp3) is 0.458. The number of carbonyl (C=O) groups is 1. The number of likely N-dealkylation sites (N-methyl/N-ethyl adjacent to an activating group) is 1. The maximum atomic E-state index is 12.6. The first-order valence-corrected chi connectivity index (χ1v) is 12.2. The lowest BCUT2D eigenvalue weighted by atomic mass is 10.1. The molecule has 1 amide bonds. The number of nitrogens with zero attached hydrogens (tertiary/aromatic N) is 2. The van der Waals surface area contributed by atoms with E-state index < -0.39 is 10.0 Å². The molecule has 0 aromatic heterocycles. The van der Waals surface area contributed by atoms with Gasteiger partial charge in [0, 0.05) is 26.6 Å². The van der Waals surface area contributed by atoms with E-state index in [-0.39, 0.29) is 5.91 Å². The van der Waals surface area contributed by atoms with Crippen LogP contribution in [0, 0.1) is 13.8 Å². The average Bonchev–Trinajstić information content (AvgIpc) is 3.27. The van der Waals surface area contributed by atoms with E-state index in [1.54, 1.807) is 40.5 Å². The smallest absolute Gasteiger partial charge is 0.243 e. The van der Waals surface area contributed by atoms with Crippen molar-refractivity contribution < 1.29 is 17.9 Å². The molecule has 0 saturated carbocycles. The largest absolute Gasteiger partial charge is 0.492 e. The van der Waals surface area contributed by atoms with Crippen molar-refractivity contribution in [3.63, 3.8) is 0 Å². The molecule has 1 aliphatic heterocycles. The molecule has 31 heavy (non-hydrogen) atoms. The number of aryl methyl sites for hydroxylation is 3. The van der Waals surface area contributed by atoms with E-state index in [0.717, 1.165) is 35.3 Å². The van der Waals surface area contributed by atoms with Crippen LogP contribution >= 0.6 is 0 Å².